The van der Waals surface area contributed by atoms with E-state index in [0.717, 1.165) is 25.7 Å². The first-order valence-electron chi connectivity index (χ1n) is 5.79. The lowest BCUT2D eigenvalue weighted by Crippen LogP contribution is -2.29. The van der Waals surface area contributed by atoms with Gasteiger partial charge in [0.25, 0.3) is 0 Å². The van der Waals surface area contributed by atoms with Gasteiger partial charge in [0.15, 0.2) is 0 Å². The zero-order chi connectivity index (χ0) is 11.8. The monoisotopic (exact) mass is 220 g/mol. The maximum absolute atomic E-state index is 11.0. The molecule has 0 N–H and O–H groups in total. The Hall–Kier alpha value is -1.51. The molecule has 3 heteroatoms. The lowest BCUT2D eigenvalue weighted by molar-refractivity contribution is 0.176. The quantitative estimate of drug-likeness (QED) is 0.675. The summed E-state index contributed by atoms with van der Waals surface area (Å²) in [6.07, 6.45) is 3.12. The smallest absolute Gasteiger partial charge is 0.275 e. The summed E-state index contributed by atoms with van der Waals surface area (Å²) in [5, 5.41) is 11.0. The Morgan fingerprint density at radius 2 is 1.81 bits per heavy atom. The maximum Gasteiger partial charge on any atom is 0.457 e. The summed E-state index contributed by atoms with van der Waals surface area (Å²) in [5.41, 5.74) is 0.694. The number of nitrogens with zero attached hydrogens (tertiary/aromatic N) is 1. The van der Waals surface area contributed by atoms with E-state index in [1.807, 2.05) is 18.2 Å². The van der Waals surface area contributed by atoms with E-state index >= 15 is 0 Å². The normalized spacial score (nSPS) is 10.1. The third kappa shape index (κ3) is 3.93. The fraction of sp³-hybridized carbons (Fsp3) is 0.462. The molecule has 0 aliphatic rings. The number of hydrogen-bond donors (Lipinski definition) is 0. The van der Waals surface area contributed by atoms with Crippen molar-refractivity contribution in [3.63, 3.8) is 0 Å². The van der Waals surface area contributed by atoms with Crippen LogP contribution in [-0.4, -0.2) is 12.6 Å². The average molecular weight is 220 g/mol. The number of unbranched alkanes of at least 4 members (excludes halogenated alkanes) is 3. The van der Waals surface area contributed by atoms with Gasteiger partial charge in [-0.25, -0.2) is 9.90 Å². The molecule has 0 bridgehead atoms. The highest BCUT2D eigenvalue weighted by Crippen LogP contribution is 2.14. The number of carbonyl (C=O) groups excluding carboxylic acids is 1. The van der Waals surface area contributed by atoms with Gasteiger partial charge in [0.05, 0.1) is 0 Å². The minimum atomic E-state index is -1.12. The Bertz CT molecular complexity index is 311. The van der Waals surface area contributed by atoms with Crippen molar-refractivity contribution >= 4 is 11.8 Å². The first kappa shape index (κ1) is 12.6. The molecule has 0 atom stereocenters. The molecule has 3 nitrogen and oxygen atoms in total. The molecule has 0 aliphatic carbocycles. The van der Waals surface area contributed by atoms with Crippen molar-refractivity contribution in [1.29, 1.82) is 0 Å². The van der Waals surface area contributed by atoms with Crippen LogP contribution in [0.4, 0.5) is 10.5 Å². The third-order valence-electron chi connectivity index (χ3n) is 2.52. The van der Waals surface area contributed by atoms with Gasteiger partial charge in [0, 0.05) is 12.2 Å². The van der Waals surface area contributed by atoms with Crippen molar-refractivity contribution in [3.8, 4) is 0 Å². The summed E-state index contributed by atoms with van der Waals surface area (Å²) in [6.45, 7) is 2.65. The molecule has 1 radical (unpaired) electrons. The minimum Gasteiger partial charge on any atom is -0.275 e. The van der Waals surface area contributed by atoms with Gasteiger partial charge in [0.1, 0.15) is 0 Å². The van der Waals surface area contributed by atoms with E-state index in [-0.39, 0.29) is 0 Å². The zero-order valence-corrected chi connectivity index (χ0v) is 9.69. The molecule has 1 amide bonds. The Balaban J connectivity index is 2.52. The Kier molecular flexibility index (Phi) is 5.40. The van der Waals surface area contributed by atoms with Crippen molar-refractivity contribution < 1.29 is 9.90 Å². The third-order valence-corrected chi connectivity index (χ3v) is 2.52. The molecule has 0 aliphatic heterocycles. The lowest BCUT2D eigenvalue weighted by Gasteiger charge is -2.17. The van der Waals surface area contributed by atoms with Crippen LogP contribution in [0.5, 0.6) is 0 Å². The Morgan fingerprint density at radius 1 is 1.12 bits per heavy atom. The number of benzene rings is 1. The second-order valence-corrected chi connectivity index (χ2v) is 3.81. The molecule has 0 saturated heterocycles. The van der Waals surface area contributed by atoms with Gasteiger partial charge in [-0.15, -0.1) is 0 Å². The summed E-state index contributed by atoms with van der Waals surface area (Å²) >= 11 is 0. The number of anilines is 1. The molecule has 0 saturated carbocycles. The van der Waals surface area contributed by atoms with Crippen molar-refractivity contribution in [2.45, 2.75) is 32.6 Å². The predicted octanol–water partition coefficient (Wildman–Crippen LogP) is 3.62. The van der Waals surface area contributed by atoms with E-state index in [4.69, 9.17) is 0 Å². The van der Waals surface area contributed by atoms with Crippen molar-refractivity contribution in [1.82, 2.24) is 0 Å². The van der Waals surface area contributed by atoms with Gasteiger partial charge in [-0.1, -0.05) is 44.4 Å². The number of hydrogen-bond acceptors (Lipinski definition) is 1. The summed E-state index contributed by atoms with van der Waals surface area (Å²) in [7, 11) is 0. The molecule has 87 valence electrons. The molecule has 0 spiro atoms. The van der Waals surface area contributed by atoms with Crippen LogP contribution in [0.2, 0.25) is 0 Å². The molecule has 0 unspecified atom stereocenters. The van der Waals surface area contributed by atoms with Crippen molar-refractivity contribution in [2.75, 3.05) is 11.4 Å². The van der Waals surface area contributed by atoms with Gasteiger partial charge in [0.2, 0.25) is 0 Å². The predicted molar refractivity (Wildman–Crippen MR) is 64.0 cm³/mol. The van der Waals surface area contributed by atoms with Gasteiger partial charge in [-0.3, -0.25) is 4.90 Å². The van der Waals surface area contributed by atoms with E-state index in [0.29, 0.717) is 12.2 Å². The summed E-state index contributed by atoms with van der Waals surface area (Å²) in [4.78, 5) is 12.3. The SMILES string of the molecule is CCCCCCN(C([O])=O)c1ccccc1. The van der Waals surface area contributed by atoms with Crippen LogP contribution in [0.3, 0.4) is 0 Å². The maximum atomic E-state index is 11.0. The molecule has 1 aromatic carbocycles. The van der Waals surface area contributed by atoms with Crippen LogP contribution >= 0.6 is 0 Å². The van der Waals surface area contributed by atoms with Crippen molar-refractivity contribution in [2.24, 2.45) is 0 Å². The van der Waals surface area contributed by atoms with Gasteiger partial charge >= 0.3 is 6.09 Å². The number of rotatable bonds is 6. The van der Waals surface area contributed by atoms with Crippen LogP contribution in [0.1, 0.15) is 32.6 Å². The van der Waals surface area contributed by atoms with E-state index in [2.05, 4.69) is 6.92 Å². The van der Waals surface area contributed by atoms with Gasteiger partial charge in [-0.2, -0.15) is 0 Å². The lowest BCUT2D eigenvalue weighted by atomic mass is 10.2. The molecule has 0 fully saturated rings. The molecular formula is C13H18NO2. The Morgan fingerprint density at radius 3 is 2.38 bits per heavy atom. The Labute approximate surface area is 96.7 Å². The van der Waals surface area contributed by atoms with Gasteiger partial charge < -0.3 is 0 Å². The highest BCUT2D eigenvalue weighted by atomic mass is 16.4. The highest BCUT2D eigenvalue weighted by Gasteiger charge is 2.14. The first-order chi connectivity index (χ1) is 7.75. The topological polar surface area (TPSA) is 40.2 Å². The molecule has 1 rings (SSSR count). The standard InChI is InChI=1S/C13H18NO2/c1-2-3-4-8-11-14(13(15)16)12-9-6-5-7-10-12/h5-7,9-10H,2-4,8,11H2,1H3. The van der Waals surface area contributed by atoms with Crippen LogP contribution in [0.15, 0.2) is 30.3 Å². The summed E-state index contributed by atoms with van der Waals surface area (Å²) in [6, 6.07) is 9.11. The number of carbonyl (C=O) groups is 1. The summed E-state index contributed by atoms with van der Waals surface area (Å²) < 4.78 is 0. The number of para-hydroxylation sites is 1. The molecular weight excluding hydrogens is 202 g/mol. The van der Waals surface area contributed by atoms with Crippen molar-refractivity contribution in [3.05, 3.63) is 30.3 Å². The molecule has 0 heterocycles. The largest absolute Gasteiger partial charge is 0.457 e. The van der Waals surface area contributed by atoms with E-state index in [1.165, 1.54) is 4.90 Å². The van der Waals surface area contributed by atoms with Crippen LogP contribution in [0.25, 0.3) is 0 Å². The second-order valence-electron chi connectivity index (χ2n) is 3.81. The van der Waals surface area contributed by atoms with Crippen LogP contribution in [-0.2, 0) is 5.11 Å². The fourth-order valence-electron chi connectivity index (χ4n) is 1.63. The minimum absolute atomic E-state index is 0.520. The van der Waals surface area contributed by atoms with E-state index < -0.39 is 6.09 Å². The molecule has 1 aromatic rings. The zero-order valence-electron chi connectivity index (χ0n) is 9.69. The van der Waals surface area contributed by atoms with E-state index in [9.17, 15) is 9.90 Å². The second kappa shape index (κ2) is 6.88. The van der Waals surface area contributed by atoms with Gasteiger partial charge in [-0.05, 0) is 18.6 Å². The van der Waals surface area contributed by atoms with E-state index in [1.54, 1.807) is 12.1 Å². The van der Waals surface area contributed by atoms with Crippen LogP contribution < -0.4 is 4.90 Å². The van der Waals surface area contributed by atoms with Crippen LogP contribution in [0, 0.1) is 0 Å². The first-order valence-corrected chi connectivity index (χ1v) is 5.79. The molecule has 0 aromatic heterocycles. The average Bonchev–Trinajstić information content (AvgIpc) is 2.30. The molecule has 16 heavy (non-hydrogen) atoms. The summed E-state index contributed by atoms with van der Waals surface area (Å²) in [5.74, 6) is 0. The fourth-order valence-corrected chi connectivity index (χ4v) is 1.63. The number of amides is 1. The highest BCUT2D eigenvalue weighted by molar-refractivity contribution is 5.85.